The fourth-order valence-electron chi connectivity index (χ4n) is 3.22. The van der Waals surface area contributed by atoms with Crippen molar-refractivity contribution in [1.82, 2.24) is 30.4 Å². The maximum Gasteiger partial charge on any atom is 0.245 e. The number of tetrazole rings is 1. The van der Waals surface area contributed by atoms with Crippen molar-refractivity contribution < 1.29 is 19.1 Å². The number of morpholine rings is 1. The van der Waals surface area contributed by atoms with E-state index in [4.69, 9.17) is 9.47 Å². The summed E-state index contributed by atoms with van der Waals surface area (Å²) in [5.41, 5.74) is 0.920. The van der Waals surface area contributed by atoms with Crippen LogP contribution in [-0.4, -0.2) is 76.9 Å². The van der Waals surface area contributed by atoms with Crippen LogP contribution in [0.2, 0.25) is 0 Å². The van der Waals surface area contributed by atoms with Crippen LogP contribution >= 0.6 is 0 Å². The first-order valence-corrected chi connectivity index (χ1v) is 9.59. The molecular formula is C19H26N6O4. The molecule has 1 N–H and O–H groups in total. The van der Waals surface area contributed by atoms with Crippen molar-refractivity contribution in [2.75, 3.05) is 40.0 Å². The summed E-state index contributed by atoms with van der Waals surface area (Å²) in [5.74, 6) is 1.03. The van der Waals surface area contributed by atoms with Crippen LogP contribution in [0.3, 0.4) is 0 Å². The maximum atomic E-state index is 12.9. The van der Waals surface area contributed by atoms with Crippen molar-refractivity contribution in [2.24, 2.45) is 0 Å². The number of aryl methyl sites for hydroxylation is 1. The van der Waals surface area contributed by atoms with Crippen LogP contribution in [0.5, 0.6) is 5.75 Å². The van der Waals surface area contributed by atoms with E-state index in [-0.39, 0.29) is 24.8 Å². The predicted molar refractivity (Wildman–Crippen MR) is 103 cm³/mol. The zero-order chi connectivity index (χ0) is 20.6. The number of nitrogens with zero attached hydrogens (tertiary/aromatic N) is 5. The number of benzene rings is 1. The SMILES string of the molecule is COc1cccc(CC(C(=O)NCCC(=O)N2CCOCC2)n2nnnc2C)c1. The molecule has 2 heterocycles. The number of carbonyl (C=O) groups excluding carboxylic acids is 2. The van der Waals surface area contributed by atoms with Crippen LogP contribution in [0.15, 0.2) is 24.3 Å². The lowest BCUT2D eigenvalue weighted by molar-refractivity contribution is -0.135. The topological polar surface area (TPSA) is 111 Å². The van der Waals surface area contributed by atoms with Crippen LogP contribution in [-0.2, 0) is 20.7 Å². The zero-order valence-corrected chi connectivity index (χ0v) is 16.7. The fraction of sp³-hybridized carbons (Fsp3) is 0.526. The Bertz CT molecular complexity index is 834. The van der Waals surface area contributed by atoms with Crippen LogP contribution < -0.4 is 10.1 Å². The van der Waals surface area contributed by atoms with E-state index in [2.05, 4.69) is 20.8 Å². The van der Waals surface area contributed by atoms with Gasteiger partial charge in [-0.05, 0) is 35.0 Å². The van der Waals surface area contributed by atoms with Crippen LogP contribution in [0, 0.1) is 6.92 Å². The molecule has 1 aromatic carbocycles. The van der Waals surface area contributed by atoms with Gasteiger partial charge in [0.25, 0.3) is 0 Å². The highest BCUT2D eigenvalue weighted by Gasteiger charge is 2.25. The lowest BCUT2D eigenvalue weighted by Gasteiger charge is -2.27. The summed E-state index contributed by atoms with van der Waals surface area (Å²) < 4.78 is 12.0. The minimum Gasteiger partial charge on any atom is -0.497 e. The molecule has 0 spiro atoms. The summed E-state index contributed by atoms with van der Waals surface area (Å²) in [4.78, 5) is 26.9. The van der Waals surface area contributed by atoms with Gasteiger partial charge in [-0.15, -0.1) is 5.10 Å². The molecule has 1 atom stereocenters. The highest BCUT2D eigenvalue weighted by molar-refractivity contribution is 5.82. The van der Waals surface area contributed by atoms with Gasteiger partial charge >= 0.3 is 0 Å². The molecule has 2 amide bonds. The third-order valence-electron chi connectivity index (χ3n) is 4.82. The van der Waals surface area contributed by atoms with Crippen molar-refractivity contribution in [3.8, 4) is 5.75 Å². The molecular weight excluding hydrogens is 376 g/mol. The second kappa shape index (κ2) is 9.97. The van der Waals surface area contributed by atoms with Crippen LogP contribution in [0.25, 0.3) is 0 Å². The Hall–Kier alpha value is -3.01. The largest absolute Gasteiger partial charge is 0.497 e. The molecule has 3 rings (SSSR count). The minimum absolute atomic E-state index is 0.0107. The molecule has 1 fully saturated rings. The van der Waals surface area contributed by atoms with Crippen molar-refractivity contribution in [3.63, 3.8) is 0 Å². The Labute approximate surface area is 169 Å². The second-order valence-corrected chi connectivity index (χ2v) is 6.78. The third kappa shape index (κ3) is 5.50. The molecule has 0 bridgehead atoms. The number of nitrogens with one attached hydrogen (secondary N) is 1. The van der Waals surface area contributed by atoms with Gasteiger partial charge in [-0.25, -0.2) is 4.68 Å². The number of amides is 2. The standard InChI is InChI=1S/C19H26N6O4/c1-14-21-22-23-25(14)17(13-15-4-3-5-16(12-15)28-2)19(27)20-7-6-18(26)24-8-10-29-11-9-24/h3-5,12,17H,6-11,13H2,1-2H3,(H,20,27). The van der Waals surface area contributed by atoms with Gasteiger partial charge in [0.1, 0.15) is 17.6 Å². The molecule has 10 heteroatoms. The highest BCUT2D eigenvalue weighted by atomic mass is 16.5. The molecule has 29 heavy (non-hydrogen) atoms. The summed E-state index contributed by atoms with van der Waals surface area (Å²) in [6.45, 7) is 4.29. The first-order valence-electron chi connectivity index (χ1n) is 9.59. The van der Waals surface area contributed by atoms with E-state index in [1.165, 1.54) is 4.68 Å². The van der Waals surface area contributed by atoms with E-state index in [9.17, 15) is 9.59 Å². The number of hydrogen-bond donors (Lipinski definition) is 1. The number of hydrogen-bond acceptors (Lipinski definition) is 7. The summed E-state index contributed by atoms with van der Waals surface area (Å²) in [6, 6.07) is 6.89. The van der Waals surface area contributed by atoms with Crippen molar-refractivity contribution in [2.45, 2.75) is 25.8 Å². The number of carbonyl (C=O) groups is 2. The summed E-state index contributed by atoms with van der Waals surface area (Å²) >= 11 is 0. The lowest BCUT2D eigenvalue weighted by atomic mass is 10.0. The molecule has 1 aliphatic rings. The van der Waals surface area contributed by atoms with Gasteiger partial charge in [0.05, 0.1) is 20.3 Å². The summed E-state index contributed by atoms with van der Waals surface area (Å²) in [7, 11) is 1.60. The monoisotopic (exact) mass is 402 g/mol. The average molecular weight is 402 g/mol. The number of ether oxygens (including phenoxy) is 2. The smallest absolute Gasteiger partial charge is 0.245 e. The van der Waals surface area contributed by atoms with Gasteiger partial charge in [0.15, 0.2) is 0 Å². The first kappa shape index (κ1) is 20.7. The van der Waals surface area contributed by atoms with Gasteiger partial charge in [0.2, 0.25) is 11.8 Å². The number of rotatable bonds is 8. The minimum atomic E-state index is -0.629. The van der Waals surface area contributed by atoms with Gasteiger partial charge in [-0.2, -0.15) is 0 Å². The molecule has 10 nitrogen and oxygen atoms in total. The predicted octanol–water partition coefficient (Wildman–Crippen LogP) is 0.139. The summed E-state index contributed by atoms with van der Waals surface area (Å²) in [6.07, 6.45) is 0.637. The molecule has 1 unspecified atom stereocenters. The van der Waals surface area contributed by atoms with E-state index >= 15 is 0 Å². The van der Waals surface area contributed by atoms with Gasteiger partial charge < -0.3 is 19.7 Å². The van der Waals surface area contributed by atoms with Gasteiger partial charge in [-0.1, -0.05) is 12.1 Å². The molecule has 0 radical (unpaired) electrons. The van der Waals surface area contributed by atoms with Crippen molar-refractivity contribution in [3.05, 3.63) is 35.7 Å². The van der Waals surface area contributed by atoms with Gasteiger partial charge in [0, 0.05) is 32.5 Å². The Morgan fingerprint density at radius 2 is 2.10 bits per heavy atom. The Balaban J connectivity index is 1.63. The Kier molecular flexibility index (Phi) is 7.12. The number of methoxy groups -OCH3 is 1. The normalized spacial score (nSPS) is 15.0. The first-order chi connectivity index (χ1) is 14.1. The number of aromatic nitrogens is 4. The molecule has 2 aromatic rings. The van der Waals surface area contributed by atoms with E-state index < -0.39 is 6.04 Å². The van der Waals surface area contributed by atoms with Crippen LogP contribution in [0.1, 0.15) is 23.9 Å². The van der Waals surface area contributed by atoms with Crippen molar-refractivity contribution >= 4 is 11.8 Å². The molecule has 1 saturated heterocycles. The second-order valence-electron chi connectivity index (χ2n) is 6.78. The lowest BCUT2D eigenvalue weighted by Crippen LogP contribution is -2.42. The molecule has 156 valence electrons. The Morgan fingerprint density at radius 1 is 1.31 bits per heavy atom. The fourth-order valence-corrected chi connectivity index (χ4v) is 3.22. The molecule has 0 saturated carbocycles. The van der Waals surface area contributed by atoms with E-state index in [0.717, 1.165) is 5.56 Å². The zero-order valence-electron chi connectivity index (χ0n) is 16.7. The van der Waals surface area contributed by atoms with E-state index in [1.807, 2.05) is 24.3 Å². The average Bonchev–Trinajstić information content (AvgIpc) is 3.18. The molecule has 1 aromatic heterocycles. The van der Waals surface area contributed by atoms with E-state index in [0.29, 0.717) is 44.3 Å². The van der Waals surface area contributed by atoms with Crippen LogP contribution in [0.4, 0.5) is 0 Å². The van der Waals surface area contributed by atoms with Crippen molar-refractivity contribution in [1.29, 1.82) is 0 Å². The molecule has 1 aliphatic heterocycles. The maximum absolute atomic E-state index is 12.9. The van der Waals surface area contributed by atoms with Gasteiger partial charge in [-0.3, -0.25) is 9.59 Å². The molecule has 0 aliphatic carbocycles. The highest BCUT2D eigenvalue weighted by Crippen LogP contribution is 2.19. The van der Waals surface area contributed by atoms with E-state index in [1.54, 1.807) is 18.9 Å². The third-order valence-corrected chi connectivity index (χ3v) is 4.82. The Morgan fingerprint density at radius 3 is 2.79 bits per heavy atom. The summed E-state index contributed by atoms with van der Waals surface area (Å²) in [5, 5.41) is 14.4. The quantitative estimate of drug-likeness (QED) is 0.668.